The fourth-order valence-electron chi connectivity index (χ4n) is 2.52. The third kappa shape index (κ3) is 2.70. The first kappa shape index (κ1) is 13.9. The fraction of sp³-hybridized carbons (Fsp3) is 0.533. The second kappa shape index (κ2) is 5.35. The molecular weight excluding hydrogens is 268 g/mol. The molecule has 0 unspecified atom stereocenters. The molecule has 1 aliphatic rings. The van der Waals surface area contributed by atoms with E-state index in [1.54, 1.807) is 0 Å². The largest absolute Gasteiger partial charge is 0.422 e. The van der Waals surface area contributed by atoms with Crippen molar-refractivity contribution in [3.8, 4) is 0 Å². The lowest BCUT2D eigenvalue weighted by Crippen LogP contribution is -2.50. The molecule has 6 heteroatoms. The SMILES string of the molecule is Cc1ccc2oc(N3CCN(C(=O)C(C)C)CC3)nc2n1. The summed E-state index contributed by atoms with van der Waals surface area (Å²) in [6, 6.07) is 4.41. The molecule has 2 aromatic heterocycles. The number of carbonyl (C=O) groups excluding carboxylic acids is 1. The van der Waals surface area contributed by atoms with Gasteiger partial charge < -0.3 is 14.2 Å². The van der Waals surface area contributed by atoms with Crippen LogP contribution >= 0.6 is 0 Å². The molecule has 21 heavy (non-hydrogen) atoms. The summed E-state index contributed by atoms with van der Waals surface area (Å²) in [6.07, 6.45) is 0. The maximum atomic E-state index is 12.0. The van der Waals surface area contributed by atoms with Gasteiger partial charge in [0.05, 0.1) is 0 Å². The van der Waals surface area contributed by atoms with Crippen LogP contribution in [-0.4, -0.2) is 47.0 Å². The van der Waals surface area contributed by atoms with Crippen LogP contribution in [0.4, 0.5) is 6.01 Å². The number of carbonyl (C=O) groups is 1. The van der Waals surface area contributed by atoms with Gasteiger partial charge in [0.15, 0.2) is 5.58 Å². The van der Waals surface area contributed by atoms with Crippen molar-refractivity contribution in [1.29, 1.82) is 0 Å². The number of anilines is 1. The highest BCUT2D eigenvalue weighted by atomic mass is 16.4. The van der Waals surface area contributed by atoms with Gasteiger partial charge in [-0.1, -0.05) is 13.8 Å². The number of rotatable bonds is 2. The number of pyridine rings is 1. The molecule has 112 valence electrons. The van der Waals surface area contributed by atoms with E-state index < -0.39 is 0 Å². The van der Waals surface area contributed by atoms with Crippen LogP contribution in [0.1, 0.15) is 19.5 Å². The number of piperazine rings is 1. The van der Waals surface area contributed by atoms with Crippen LogP contribution in [0.15, 0.2) is 16.5 Å². The van der Waals surface area contributed by atoms with Crippen LogP contribution < -0.4 is 4.90 Å². The van der Waals surface area contributed by atoms with Gasteiger partial charge in [0.2, 0.25) is 11.6 Å². The van der Waals surface area contributed by atoms with E-state index in [1.165, 1.54) is 0 Å². The highest BCUT2D eigenvalue weighted by Crippen LogP contribution is 2.22. The van der Waals surface area contributed by atoms with Crippen LogP contribution in [0.2, 0.25) is 0 Å². The van der Waals surface area contributed by atoms with Crippen molar-refractivity contribution < 1.29 is 9.21 Å². The zero-order valence-corrected chi connectivity index (χ0v) is 12.7. The minimum absolute atomic E-state index is 0.0491. The number of amides is 1. The van der Waals surface area contributed by atoms with Gasteiger partial charge in [-0.2, -0.15) is 4.98 Å². The first-order valence-corrected chi connectivity index (χ1v) is 7.32. The molecule has 3 heterocycles. The first-order chi connectivity index (χ1) is 10.0. The third-order valence-electron chi connectivity index (χ3n) is 3.74. The van der Waals surface area contributed by atoms with Crippen molar-refractivity contribution in [3.05, 3.63) is 17.8 Å². The van der Waals surface area contributed by atoms with Crippen molar-refractivity contribution in [1.82, 2.24) is 14.9 Å². The highest BCUT2D eigenvalue weighted by molar-refractivity contribution is 5.78. The minimum atomic E-state index is 0.0491. The smallest absolute Gasteiger partial charge is 0.300 e. The van der Waals surface area contributed by atoms with Gasteiger partial charge in [-0.05, 0) is 19.1 Å². The van der Waals surface area contributed by atoms with Gasteiger partial charge in [0, 0.05) is 37.8 Å². The number of aromatic nitrogens is 2. The molecule has 1 saturated heterocycles. The molecule has 0 radical (unpaired) electrons. The van der Waals surface area contributed by atoms with Crippen molar-refractivity contribution in [2.45, 2.75) is 20.8 Å². The Morgan fingerprint density at radius 3 is 2.57 bits per heavy atom. The van der Waals surface area contributed by atoms with Gasteiger partial charge in [-0.3, -0.25) is 4.79 Å². The third-order valence-corrected chi connectivity index (χ3v) is 3.74. The topological polar surface area (TPSA) is 62.5 Å². The Kier molecular flexibility index (Phi) is 3.53. The molecule has 6 nitrogen and oxygen atoms in total. The summed E-state index contributed by atoms with van der Waals surface area (Å²) in [6.45, 7) is 8.70. The molecule has 3 rings (SSSR count). The molecule has 0 aliphatic carbocycles. The summed E-state index contributed by atoms with van der Waals surface area (Å²) >= 11 is 0. The van der Waals surface area contributed by atoms with E-state index >= 15 is 0 Å². The molecule has 0 aromatic carbocycles. The average Bonchev–Trinajstić information content (AvgIpc) is 2.89. The fourth-order valence-corrected chi connectivity index (χ4v) is 2.52. The van der Waals surface area contributed by atoms with Crippen LogP contribution in [0.25, 0.3) is 11.2 Å². The predicted octanol–water partition coefficient (Wildman–Crippen LogP) is 1.84. The Bertz CT molecular complexity index is 657. The highest BCUT2D eigenvalue weighted by Gasteiger charge is 2.25. The van der Waals surface area contributed by atoms with Crippen LogP contribution in [0.5, 0.6) is 0 Å². The lowest BCUT2D eigenvalue weighted by Gasteiger charge is -2.34. The second-order valence-corrected chi connectivity index (χ2v) is 5.74. The summed E-state index contributed by atoms with van der Waals surface area (Å²) in [7, 11) is 0. The van der Waals surface area contributed by atoms with Crippen molar-refractivity contribution >= 4 is 23.2 Å². The normalized spacial score (nSPS) is 16.0. The molecule has 0 saturated carbocycles. The molecule has 0 bridgehead atoms. The maximum Gasteiger partial charge on any atom is 0.300 e. The second-order valence-electron chi connectivity index (χ2n) is 5.74. The van der Waals surface area contributed by atoms with Gasteiger partial charge >= 0.3 is 0 Å². The molecule has 1 aliphatic heterocycles. The van der Waals surface area contributed by atoms with Crippen LogP contribution in [-0.2, 0) is 4.79 Å². The van der Waals surface area contributed by atoms with E-state index in [-0.39, 0.29) is 11.8 Å². The Labute approximate surface area is 123 Å². The zero-order chi connectivity index (χ0) is 15.0. The quantitative estimate of drug-likeness (QED) is 0.843. The molecule has 1 fully saturated rings. The Balaban J connectivity index is 1.72. The van der Waals surface area contributed by atoms with E-state index in [1.807, 2.05) is 37.8 Å². The standard InChI is InChI=1S/C15H20N4O2/c1-10(2)14(20)18-6-8-19(9-7-18)15-17-13-12(21-15)5-4-11(3)16-13/h4-5,10H,6-9H2,1-3H3. The molecule has 2 aromatic rings. The minimum Gasteiger partial charge on any atom is -0.422 e. The van der Waals surface area contributed by atoms with Crippen molar-refractivity contribution in [2.75, 3.05) is 31.1 Å². The Morgan fingerprint density at radius 1 is 1.19 bits per heavy atom. The lowest BCUT2D eigenvalue weighted by molar-refractivity contribution is -0.134. The summed E-state index contributed by atoms with van der Waals surface area (Å²) in [5.41, 5.74) is 2.27. The Morgan fingerprint density at radius 2 is 1.90 bits per heavy atom. The van der Waals surface area contributed by atoms with Crippen LogP contribution in [0.3, 0.4) is 0 Å². The zero-order valence-electron chi connectivity index (χ0n) is 12.7. The summed E-state index contributed by atoms with van der Waals surface area (Å²) in [4.78, 5) is 24.8. The summed E-state index contributed by atoms with van der Waals surface area (Å²) in [5, 5.41) is 0. The number of nitrogens with zero attached hydrogens (tertiary/aromatic N) is 4. The van der Waals surface area contributed by atoms with Gasteiger partial charge in [-0.15, -0.1) is 0 Å². The number of fused-ring (bicyclic) bond motifs is 1. The number of oxazole rings is 1. The number of aryl methyl sites for hydroxylation is 1. The predicted molar refractivity (Wildman–Crippen MR) is 80.2 cm³/mol. The monoisotopic (exact) mass is 288 g/mol. The van der Waals surface area contributed by atoms with E-state index in [9.17, 15) is 4.79 Å². The van der Waals surface area contributed by atoms with E-state index in [2.05, 4.69) is 14.9 Å². The van der Waals surface area contributed by atoms with Gasteiger partial charge in [0.1, 0.15) is 0 Å². The molecule has 0 N–H and O–H groups in total. The number of hydrogen-bond donors (Lipinski definition) is 0. The maximum absolute atomic E-state index is 12.0. The molecule has 0 spiro atoms. The average molecular weight is 288 g/mol. The van der Waals surface area contributed by atoms with E-state index in [0.717, 1.165) is 18.8 Å². The molecular formula is C15H20N4O2. The molecule has 1 amide bonds. The van der Waals surface area contributed by atoms with Crippen LogP contribution in [0, 0.1) is 12.8 Å². The molecule has 0 atom stereocenters. The summed E-state index contributed by atoms with van der Waals surface area (Å²) in [5.74, 6) is 0.262. The van der Waals surface area contributed by atoms with E-state index in [0.29, 0.717) is 30.3 Å². The first-order valence-electron chi connectivity index (χ1n) is 7.32. The lowest BCUT2D eigenvalue weighted by atomic mass is 10.1. The van der Waals surface area contributed by atoms with Crippen molar-refractivity contribution in [2.24, 2.45) is 5.92 Å². The number of hydrogen-bond acceptors (Lipinski definition) is 5. The van der Waals surface area contributed by atoms with Gasteiger partial charge in [0.25, 0.3) is 6.01 Å². The van der Waals surface area contributed by atoms with Gasteiger partial charge in [-0.25, -0.2) is 4.98 Å². The summed E-state index contributed by atoms with van der Waals surface area (Å²) < 4.78 is 5.75. The van der Waals surface area contributed by atoms with E-state index in [4.69, 9.17) is 4.42 Å². The van der Waals surface area contributed by atoms with Crippen molar-refractivity contribution in [3.63, 3.8) is 0 Å². The Hall–Kier alpha value is -2.11.